The van der Waals surface area contributed by atoms with Crippen LogP contribution >= 0.6 is 0 Å². The van der Waals surface area contributed by atoms with Gasteiger partial charge in [-0.15, -0.1) is 0 Å². The third-order valence-corrected chi connectivity index (χ3v) is 2.29. The molecule has 0 spiro atoms. The number of carbonyl (C=O) groups excluding carboxylic acids is 1. The van der Waals surface area contributed by atoms with Gasteiger partial charge >= 0.3 is 11.9 Å². The predicted molar refractivity (Wildman–Crippen MR) is 71.5 cm³/mol. The number of carboxylic acid groups (broad SMARTS) is 1. The van der Waals surface area contributed by atoms with E-state index in [1.165, 1.54) is 13.2 Å². The maximum Gasteiger partial charge on any atom is 0.332 e. The number of esters is 1. The van der Waals surface area contributed by atoms with E-state index in [0.29, 0.717) is 11.3 Å². The number of rotatable bonds is 5. The molecule has 0 amide bonds. The molecule has 0 aliphatic carbocycles. The second kappa shape index (κ2) is 8.74. The van der Waals surface area contributed by atoms with E-state index in [9.17, 15) is 9.59 Å². The van der Waals surface area contributed by atoms with Crippen molar-refractivity contribution in [2.45, 2.75) is 13.0 Å². The molecule has 0 aliphatic rings. The maximum atomic E-state index is 11.2. The summed E-state index contributed by atoms with van der Waals surface area (Å²) in [6.45, 7) is 1.61. The van der Waals surface area contributed by atoms with Gasteiger partial charge in [-0.3, -0.25) is 0 Å². The average molecular weight is 272 g/mol. The predicted octanol–water partition coefficient (Wildman–Crippen LogP) is 1.10. The first-order chi connectivity index (χ1) is 8.54. The number of hydrogen-bond acceptors (Lipinski definition) is 4. The summed E-state index contributed by atoms with van der Waals surface area (Å²) < 4.78 is 4.47. The van der Waals surface area contributed by atoms with Crippen molar-refractivity contribution in [3.05, 3.63) is 47.7 Å². The molecule has 6 heteroatoms. The first kappa shape index (κ1) is 17.7. The first-order valence-electron chi connectivity index (χ1n) is 5.35. The van der Waals surface area contributed by atoms with Crippen LogP contribution in [0.2, 0.25) is 0 Å². The van der Waals surface area contributed by atoms with Crippen LogP contribution in [-0.4, -0.2) is 53.7 Å². The molecule has 2 N–H and O–H groups in total. The van der Waals surface area contributed by atoms with Crippen LogP contribution in [-0.2, 0) is 14.3 Å². The van der Waals surface area contributed by atoms with Crippen LogP contribution in [0, 0.1) is 0 Å². The van der Waals surface area contributed by atoms with Crippen LogP contribution in [0.5, 0.6) is 0 Å². The first-order valence-corrected chi connectivity index (χ1v) is 5.35. The molecule has 1 atom stereocenters. The van der Waals surface area contributed by atoms with E-state index < -0.39 is 18.0 Å². The third kappa shape index (κ3) is 5.92. The van der Waals surface area contributed by atoms with Crippen LogP contribution in [0.25, 0.3) is 0 Å². The quantitative estimate of drug-likeness (QED) is 0.477. The zero-order valence-corrected chi connectivity index (χ0v) is 13.2. The molecule has 0 bridgehead atoms. The summed E-state index contributed by atoms with van der Waals surface area (Å²) in [5.74, 6) is -1.55. The van der Waals surface area contributed by atoms with Gasteiger partial charge in [-0.2, -0.15) is 0 Å². The van der Waals surface area contributed by atoms with Crippen molar-refractivity contribution in [1.29, 1.82) is 0 Å². The molecule has 1 rings (SSSR count). The zero-order valence-electron chi connectivity index (χ0n) is 11.2. The number of carbonyl (C=O) groups is 2. The van der Waals surface area contributed by atoms with Gasteiger partial charge in [-0.1, -0.05) is 30.3 Å². The summed E-state index contributed by atoms with van der Waals surface area (Å²) in [6, 6.07) is 7.83. The maximum absolute atomic E-state index is 11.2. The van der Waals surface area contributed by atoms with Gasteiger partial charge in [-0.05, 0) is 12.5 Å². The Morgan fingerprint density at radius 1 is 1.32 bits per heavy atom. The van der Waals surface area contributed by atoms with Crippen molar-refractivity contribution in [2.75, 3.05) is 7.11 Å². The van der Waals surface area contributed by atoms with Crippen molar-refractivity contribution in [2.24, 2.45) is 0 Å². The summed E-state index contributed by atoms with van der Waals surface area (Å²) in [5.41, 5.74) is 1.04. The van der Waals surface area contributed by atoms with Crippen molar-refractivity contribution in [3.63, 3.8) is 0 Å². The van der Waals surface area contributed by atoms with Crippen LogP contribution in [0.3, 0.4) is 0 Å². The molecule has 0 unspecified atom stereocenters. The Labute approximate surface area is 133 Å². The molecular weight excluding hydrogens is 257 g/mol. The van der Waals surface area contributed by atoms with Crippen molar-refractivity contribution >= 4 is 41.5 Å². The van der Waals surface area contributed by atoms with Crippen molar-refractivity contribution < 1.29 is 19.4 Å². The second-order valence-electron chi connectivity index (χ2n) is 3.68. The largest absolute Gasteiger partial charge is 0.479 e. The van der Waals surface area contributed by atoms with E-state index in [4.69, 9.17) is 5.11 Å². The second-order valence-corrected chi connectivity index (χ2v) is 3.68. The summed E-state index contributed by atoms with van der Waals surface area (Å²) in [4.78, 5) is 22.2. The molecule has 1 aromatic rings. The molecule has 1 aromatic carbocycles. The molecule has 0 fully saturated rings. The zero-order chi connectivity index (χ0) is 13.5. The standard InChI is InChI=1S/C13H15NO4.Na/c1-9(8-11(15)18-2)14-12(13(16)17)10-6-4-3-5-7-10;/h3-8,12,14H,1-2H3,(H,16,17);/t12-;/m1./s1. The monoisotopic (exact) mass is 272 g/mol. The Morgan fingerprint density at radius 2 is 1.89 bits per heavy atom. The molecule has 0 aliphatic heterocycles. The van der Waals surface area contributed by atoms with Gasteiger partial charge in [-0.25, -0.2) is 9.59 Å². The Balaban J connectivity index is 0.00000324. The van der Waals surface area contributed by atoms with E-state index in [0.717, 1.165) is 0 Å². The van der Waals surface area contributed by atoms with Crippen LogP contribution < -0.4 is 5.32 Å². The topological polar surface area (TPSA) is 75.6 Å². The average Bonchev–Trinajstić information content (AvgIpc) is 2.36. The third-order valence-electron chi connectivity index (χ3n) is 2.29. The molecule has 19 heavy (non-hydrogen) atoms. The number of aliphatic carboxylic acids is 1. The SMILES string of the molecule is COC(=O)C=C(C)N[C@@H](C(=O)O)c1ccccc1.[Na]. The summed E-state index contributed by atoms with van der Waals surface area (Å²) in [7, 11) is 1.26. The fourth-order valence-electron chi connectivity index (χ4n) is 1.44. The summed E-state index contributed by atoms with van der Waals surface area (Å²) >= 11 is 0. The van der Waals surface area contributed by atoms with Gasteiger partial charge in [0.05, 0.1) is 7.11 Å². The molecule has 0 saturated carbocycles. The number of hydrogen-bond donors (Lipinski definition) is 2. The summed E-state index contributed by atoms with van der Waals surface area (Å²) in [5, 5.41) is 11.9. The molecule has 97 valence electrons. The van der Waals surface area contributed by atoms with Gasteiger partial charge in [0.15, 0.2) is 0 Å². The fourth-order valence-corrected chi connectivity index (χ4v) is 1.44. The fraction of sp³-hybridized carbons (Fsp3) is 0.231. The van der Waals surface area contributed by atoms with E-state index in [1.54, 1.807) is 37.3 Å². The molecule has 1 radical (unpaired) electrons. The molecule has 0 aromatic heterocycles. The Kier molecular flexibility index (Phi) is 8.14. The van der Waals surface area contributed by atoms with E-state index >= 15 is 0 Å². The number of ether oxygens (including phenoxy) is 1. The van der Waals surface area contributed by atoms with Crippen LogP contribution in [0.4, 0.5) is 0 Å². The van der Waals surface area contributed by atoms with Gasteiger partial charge in [0.1, 0.15) is 6.04 Å². The van der Waals surface area contributed by atoms with Crippen LogP contribution in [0.1, 0.15) is 18.5 Å². The van der Waals surface area contributed by atoms with Crippen LogP contribution in [0.15, 0.2) is 42.1 Å². The van der Waals surface area contributed by atoms with Gasteiger partial charge in [0.25, 0.3) is 0 Å². The number of benzene rings is 1. The Hall–Kier alpha value is -1.30. The Morgan fingerprint density at radius 3 is 2.37 bits per heavy atom. The minimum atomic E-state index is -1.01. The number of nitrogens with one attached hydrogen (secondary N) is 1. The molecule has 5 nitrogen and oxygen atoms in total. The summed E-state index contributed by atoms with van der Waals surface area (Å²) in [6.07, 6.45) is 1.21. The number of allylic oxidation sites excluding steroid dienone is 1. The minimum absolute atomic E-state index is 0. The number of carboxylic acids is 1. The molecule has 0 heterocycles. The molecular formula is C13H15NNaO4. The molecule has 0 saturated heterocycles. The van der Waals surface area contributed by atoms with Crippen molar-refractivity contribution in [3.8, 4) is 0 Å². The minimum Gasteiger partial charge on any atom is -0.479 e. The van der Waals surface area contributed by atoms with E-state index in [1.807, 2.05) is 0 Å². The number of methoxy groups -OCH3 is 1. The van der Waals surface area contributed by atoms with Gasteiger partial charge < -0.3 is 15.2 Å². The van der Waals surface area contributed by atoms with Crippen molar-refractivity contribution in [1.82, 2.24) is 5.32 Å². The smallest absolute Gasteiger partial charge is 0.332 e. The van der Waals surface area contributed by atoms with Gasteiger partial charge in [0, 0.05) is 41.3 Å². The van der Waals surface area contributed by atoms with E-state index in [2.05, 4.69) is 10.1 Å². The van der Waals surface area contributed by atoms with E-state index in [-0.39, 0.29) is 29.6 Å². The Bertz CT molecular complexity index is 459. The normalized spacial score (nSPS) is 12.0. The van der Waals surface area contributed by atoms with Gasteiger partial charge in [0.2, 0.25) is 0 Å².